The molecule has 1 heterocycles. The molecule has 0 amide bonds. The Kier molecular flexibility index (Phi) is 5.36. The number of carboxylic acid groups (broad SMARTS) is 2. The molecule has 1 aromatic heterocycles. The molecule has 0 fully saturated rings. The number of nitrogens with zero attached hydrogens (tertiary/aromatic N) is 1. The minimum atomic E-state index is -1.71. The number of imidazole rings is 1. The second kappa shape index (κ2) is 6.35. The maximum atomic E-state index is 9.97. The van der Waals surface area contributed by atoms with Crippen LogP contribution in [0.15, 0.2) is 18.7 Å². The first-order valence-corrected chi connectivity index (χ1v) is 3.44. The summed E-state index contributed by atoms with van der Waals surface area (Å²) < 4.78 is 0. The third-order valence-corrected chi connectivity index (χ3v) is 0.956. The smallest absolute Gasteiger partial charge is 0.372 e. The van der Waals surface area contributed by atoms with Gasteiger partial charge in [0.05, 0.1) is 6.33 Å². The van der Waals surface area contributed by atoms with Crippen molar-refractivity contribution in [3.8, 4) is 0 Å². The molecule has 0 spiro atoms. The molecular weight excluding hydrogens is 192 g/mol. The molecule has 0 bridgehead atoms. The summed E-state index contributed by atoms with van der Waals surface area (Å²) in [6.45, 7) is 0. The van der Waals surface area contributed by atoms with E-state index in [1.807, 2.05) is 0 Å². The number of carbonyl (C=O) groups excluding carboxylic acids is 1. The van der Waals surface area contributed by atoms with E-state index in [0.29, 0.717) is 0 Å². The van der Waals surface area contributed by atoms with E-state index >= 15 is 0 Å². The number of H-pyrrole nitrogens is 1. The Balaban J connectivity index is 0.000000280. The lowest BCUT2D eigenvalue weighted by Crippen LogP contribution is -2.16. The monoisotopic (exact) mass is 200 g/mol. The van der Waals surface area contributed by atoms with Crippen LogP contribution in [0.3, 0.4) is 0 Å². The van der Waals surface area contributed by atoms with E-state index in [0.717, 1.165) is 0 Å². The maximum Gasteiger partial charge on any atom is 0.372 e. The van der Waals surface area contributed by atoms with Gasteiger partial charge in [-0.05, 0) is 0 Å². The average Bonchev–Trinajstić information content (AvgIpc) is 2.59. The second-order valence-corrected chi connectivity index (χ2v) is 2.06. The molecule has 7 nitrogen and oxygen atoms in total. The van der Waals surface area contributed by atoms with E-state index in [9.17, 15) is 14.4 Å². The van der Waals surface area contributed by atoms with E-state index in [4.69, 9.17) is 10.2 Å². The molecule has 1 aromatic rings. The largest absolute Gasteiger partial charge is 0.481 e. The number of aliphatic carboxylic acids is 2. The minimum Gasteiger partial charge on any atom is -0.481 e. The molecule has 0 aliphatic rings. The molecule has 0 unspecified atom stereocenters. The highest BCUT2D eigenvalue weighted by atomic mass is 16.4. The second-order valence-electron chi connectivity index (χ2n) is 2.06. The van der Waals surface area contributed by atoms with E-state index in [1.165, 1.54) is 0 Å². The zero-order valence-electron chi connectivity index (χ0n) is 7.01. The van der Waals surface area contributed by atoms with Crippen molar-refractivity contribution < 1.29 is 24.6 Å². The van der Waals surface area contributed by atoms with Crippen molar-refractivity contribution in [1.82, 2.24) is 9.97 Å². The lowest BCUT2D eigenvalue weighted by molar-refractivity contribution is -0.152. The number of rotatable bonds is 3. The van der Waals surface area contributed by atoms with Crippen molar-refractivity contribution in [3.05, 3.63) is 18.7 Å². The molecule has 14 heavy (non-hydrogen) atoms. The van der Waals surface area contributed by atoms with Gasteiger partial charge in [-0.1, -0.05) is 0 Å². The maximum absolute atomic E-state index is 9.97. The van der Waals surface area contributed by atoms with Crippen molar-refractivity contribution in [1.29, 1.82) is 0 Å². The summed E-state index contributed by atoms with van der Waals surface area (Å²) in [7, 11) is 0. The highest BCUT2D eigenvalue weighted by Gasteiger charge is 2.14. The van der Waals surface area contributed by atoms with Crippen molar-refractivity contribution in [2.75, 3.05) is 0 Å². The van der Waals surface area contributed by atoms with Gasteiger partial charge in [0.1, 0.15) is 6.42 Å². The minimum absolute atomic E-state index is 0.949. The Labute approximate surface area is 78.4 Å². The zero-order valence-corrected chi connectivity index (χ0v) is 7.01. The molecule has 0 radical (unpaired) electrons. The Morgan fingerprint density at radius 2 is 1.93 bits per heavy atom. The summed E-state index contributed by atoms with van der Waals surface area (Å²) in [5.41, 5.74) is 0. The Hall–Kier alpha value is -2.18. The van der Waals surface area contributed by atoms with Crippen LogP contribution in [0.5, 0.6) is 0 Å². The first kappa shape index (κ1) is 11.8. The van der Waals surface area contributed by atoms with Crippen LogP contribution in [0.2, 0.25) is 0 Å². The molecule has 0 aliphatic heterocycles. The van der Waals surface area contributed by atoms with Gasteiger partial charge < -0.3 is 15.2 Å². The number of ketones is 1. The van der Waals surface area contributed by atoms with Crippen LogP contribution in [0.25, 0.3) is 0 Å². The summed E-state index contributed by atoms with van der Waals surface area (Å²) in [6, 6.07) is 0. The van der Waals surface area contributed by atoms with Crippen LogP contribution in [0, 0.1) is 0 Å². The fourth-order valence-corrected chi connectivity index (χ4v) is 0.428. The summed E-state index contributed by atoms with van der Waals surface area (Å²) >= 11 is 0. The summed E-state index contributed by atoms with van der Waals surface area (Å²) in [5.74, 6) is -4.44. The highest BCUT2D eigenvalue weighted by Crippen LogP contribution is 1.81. The van der Waals surface area contributed by atoms with E-state index in [-0.39, 0.29) is 0 Å². The molecular formula is C7H8N2O5. The van der Waals surface area contributed by atoms with Gasteiger partial charge in [-0.3, -0.25) is 9.59 Å². The predicted molar refractivity (Wildman–Crippen MR) is 43.5 cm³/mol. The number of nitrogens with one attached hydrogen (secondary N) is 1. The van der Waals surface area contributed by atoms with Crippen molar-refractivity contribution >= 4 is 17.7 Å². The summed E-state index contributed by atoms with van der Waals surface area (Å²) in [6.07, 6.45) is 4.13. The fourth-order valence-electron chi connectivity index (χ4n) is 0.428. The standard InChI is InChI=1S/C4H4O5.C3H4N2/c5-2(4(8)9)1-3(6)7;1-2-5-3-4-1/h1H2,(H,6,7)(H,8,9);1-3H,(H,4,5). The molecule has 0 saturated heterocycles. The van der Waals surface area contributed by atoms with Gasteiger partial charge in [-0.25, -0.2) is 9.78 Å². The molecule has 0 atom stereocenters. The summed E-state index contributed by atoms with van der Waals surface area (Å²) in [4.78, 5) is 35.6. The predicted octanol–water partition coefficient (Wildman–Crippen LogP) is -0.476. The average molecular weight is 200 g/mol. The van der Waals surface area contributed by atoms with E-state index in [1.54, 1.807) is 18.7 Å². The van der Waals surface area contributed by atoms with Gasteiger partial charge in [0.15, 0.2) is 0 Å². The number of Topliss-reactive ketones (excluding diaryl/α,β-unsaturated/α-hetero) is 1. The summed E-state index contributed by atoms with van der Waals surface area (Å²) in [5, 5.41) is 15.7. The molecule has 0 saturated carbocycles. The van der Waals surface area contributed by atoms with Gasteiger partial charge >= 0.3 is 11.9 Å². The van der Waals surface area contributed by atoms with Crippen LogP contribution in [0.1, 0.15) is 6.42 Å². The van der Waals surface area contributed by atoms with Crippen LogP contribution in [-0.4, -0.2) is 37.9 Å². The normalized spacial score (nSPS) is 8.29. The number of hydrogen-bond donors (Lipinski definition) is 3. The number of aromatic amines is 1. The number of aromatic nitrogens is 2. The van der Waals surface area contributed by atoms with Crippen molar-refractivity contribution in [3.63, 3.8) is 0 Å². The van der Waals surface area contributed by atoms with E-state index < -0.39 is 24.1 Å². The van der Waals surface area contributed by atoms with Gasteiger partial charge in [-0.15, -0.1) is 0 Å². The van der Waals surface area contributed by atoms with Crippen LogP contribution >= 0.6 is 0 Å². The molecule has 1 rings (SSSR count). The third kappa shape index (κ3) is 6.53. The number of carbonyl (C=O) groups is 3. The SMILES string of the molecule is O=C(O)CC(=O)C(=O)O.c1c[nH]cn1. The zero-order chi connectivity index (χ0) is 11.0. The van der Waals surface area contributed by atoms with Gasteiger partial charge in [0.2, 0.25) is 0 Å². The molecule has 0 aromatic carbocycles. The Bertz CT molecular complexity index is 289. The fraction of sp³-hybridized carbons (Fsp3) is 0.143. The first-order valence-electron chi connectivity index (χ1n) is 3.44. The topological polar surface area (TPSA) is 120 Å². The first-order chi connectivity index (χ1) is 6.54. The quantitative estimate of drug-likeness (QED) is 0.447. The van der Waals surface area contributed by atoms with Crippen LogP contribution in [0.4, 0.5) is 0 Å². The lowest BCUT2D eigenvalue weighted by Gasteiger charge is -1.85. The Morgan fingerprint density at radius 3 is 2.07 bits per heavy atom. The number of hydrogen-bond acceptors (Lipinski definition) is 4. The van der Waals surface area contributed by atoms with Gasteiger partial charge in [0, 0.05) is 12.4 Å². The van der Waals surface area contributed by atoms with Crippen LogP contribution < -0.4 is 0 Å². The molecule has 0 aliphatic carbocycles. The third-order valence-electron chi connectivity index (χ3n) is 0.956. The molecule has 76 valence electrons. The van der Waals surface area contributed by atoms with Gasteiger partial charge in [0.25, 0.3) is 5.78 Å². The highest BCUT2D eigenvalue weighted by molar-refractivity contribution is 6.35. The van der Waals surface area contributed by atoms with Crippen LogP contribution in [-0.2, 0) is 14.4 Å². The van der Waals surface area contributed by atoms with Crippen molar-refractivity contribution in [2.45, 2.75) is 6.42 Å². The lowest BCUT2D eigenvalue weighted by atomic mass is 10.3. The van der Waals surface area contributed by atoms with Crippen molar-refractivity contribution in [2.24, 2.45) is 0 Å². The van der Waals surface area contributed by atoms with Gasteiger partial charge in [-0.2, -0.15) is 0 Å². The molecule has 3 N–H and O–H groups in total. The Morgan fingerprint density at radius 1 is 1.29 bits per heavy atom. The number of carboxylic acids is 2. The molecule has 7 heteroatoms. The van der Waals surface area contributed by atoms with E-state index in [2.05, 4.69) is 9.97 Å².